The van der Waals surface area contributed by atoms with Crippen molar-refractivity contribution in [2.45, 2.75) is 51.1 Å². The first-order valence-electron chi connectivity index (χ1n) is 8.62. The van der Waals surface area contributed by atoms with Crippen LogP contribution < -0.4 is 11.5 Å². The van der Waals surface area contributed by atoms with Gasteiger partial charge in [0.1, 0.15) is 0 Å². The lowest BCUT2D eigenvalue weighted by Gasteiger charge is -2.37. The molecule has 4 heteroatoms. The van der Waals surface area contributed by atoms with Crippen LogP contribution in [0.15, 0.2) is 48.5 Å². The Morgan fingerprint density at radius 2 is 1.08 bits per heavy atom. The molecule has 0 bridgehead atoms. The minimum atomic E-state index is -0.485. The molecule has 128 valence electrons. The molecule has 0 heterocycles. The normalized spacial score (nSPS) is 16.8. The zero-order chi connectivity index (χ0) is 16.8. The number of benzene rings is 2. The highest BCUT2D eigenvalue weighted by atomic mass is 16.7. The van der Waals surface area contributed by atoms with E-state index in [0.29, 0.717) is 13.2 Å². The van der Waals surface area contributed by atoms with Crippen molar-refractivity contribution in [1.82, 2.24) is 0 Å². The Morgan fingerprint density at radius 1 is 0.667 bits per heavy atom. The molecule has 1 aliphatic rings. The smallest absolute Gasteiger partial charge is 0.169 e. The Kier molecular flexibility index (Phi) is 5.38. The first-order valence-corrected chi connectivity index (χ1v) is 8.62. The Hall–Kier alpha value is -2.04. The van der Waals surface area contributed by atoms with Gasteiger partial charge in [0.05, 0.1) is 13.2 Å². The van der Waals surface area contributed by atoms with Gasteiger partial charge in [-0.25, -0.2) is 0 Å². The highest BCUT2D eigenvalue weighted by Gasteiger charge is 2.34. The molecule has 1 aliphatic carbocycles. The van der Waals surface area contributed by atoms with Gasteiger partial charge in [0.15, 0.2) is 5.79 Å². The van der Waals surface area contributed by atoms with Gasteiger partial charge in [0, 0.05) is 24.2 Å². The molecule has 1 saturated carbocycles. The van der Waals surface area contributed by atoms with Crippen molar-refractivity contribution in [2.75, 3.05) is 11.5 Å². The molecule has 0 atom stereocenters. The van der Waals surface area contributed by atoms with Gasteiger partial charge in [-0.05, 0) is 48.2 Å². The highest BCUT2D eigenvalue weighted by Crippen LogP contribution is 2.34. The van der Waals surface area contributed by atoms with Crippen LogP contribution in [0.3, 0.4) is 0 Å². The molecule has 24 heavy (non-hydrogen) atoms. The highest BCUT2D eigenvalue weighted by molar-refractivity contribution is 5.39. The summed E-state index contributed by atoms with van der Waals surface area (Å²) in [6, 6.07) is 15.6. The molecule has 4 N–H and O–H groups in total. The molecule has 0 aliphatic heterocycles. The standard InChI is InChI=1S/C20H26N2O2/c21-18-8-4-16(5-9-18)14-23-20(12-2-1-3-13-20)24-15-17-6-10-19(22)11-7-17/h4-11H,1-3,12-15,21-22H2. The Morgan fingerprint density at radius 3 is 1.50 bits per heavy atom. The first-order chi connectivity index (χ1) is 11.7. The summed E-state index contributed by atoms with van der Waals surface area (Å²) in [6.45, 7) is 1.09. The molecule has 0 amide bonds. The minimum Gasteiger partial charge on any atom is -0.399 e. The third-order valence-corrected chi connectivity index (χ3v) is 4.58. The quantitative estimate of drug-likeness (QED) is 0.615. The lowest BCUT2D eigenvalue weighted by Crippen LogP contribution is -2.38. The van der Waals surface area contributed by atoms with Crippen molar-refractivity contribution in [2.24, 2.45) is 0 Å². The van der Waals surface area contributed by atoms with E-state index in [9.17, 15) is 0 Å². The molecule has 1 fully saturated rings. The van der Waals surface area contributed by atoms with Crippen LogP contribution in [0, 0.1) is 0 Å². The lowest BCUT2D eigenvalue weighted by atomic mass is 9.94. The van der Waals surface area contributed by atoms with Crippen LogP contribution in [0.1, 0.15) is 43.2 Å². The summed E-state index contributed by atoms with van der Waals surface area (Å²) < 4.78 is 12.5. The zero-order valence-electron chi connectivity index (χ0n) is 14.0. The summed E-state index contributed by atoms with van der Waals surface area (Å²) in [4.78, 5) is 0. The van der Waals surface area contributed by atoms with E-state index in [1.165, 1.54) is 6.42 Å². The van der Waals surface area contributed by atoms with E-state index in [1.807, 2.05) is 48.5 Å². The van der Waals surface area contributed by atoms with E-state index < -0.39 is 5.79 Å². The molecule has 4 nitrogen and oxygen atoms in total. The average Bonchev–Trinajstić information content (AvgIpc) is 2.62. The molecule has 2 aromatic carbocycles. The number of nitrogens with two attached hydrogens (primary N) is 2. The van der Waals surface area contributed by atoms with Gasteiger partial charge < -0.3 is 20.9 Å². The van der Waals surface area contributed by atoms with Crippen molar-refractivity contribution in [1.29, 1.82) is 0 Å². The fourth-order valence-electron chi connectivity index (χ4n) is 3.08. The Bertz CT molecular complexity index is 580. The van der Waals surface area contributed by atoms with Crippen LogP contribution in [0.4, 0.5) is 11.4 Å². The number of hydrogen-bond donors (Lipinski definition) is 2. The van der Waals surface area contributed by atoms with Crippen molar-refractivity contribution in [3.05, 3.63) is 59.7 Å². The number of rotatable bonds is 6. The van der Waals surface area contributed by atoms with E-state index in [4.69, 9.17) is 20.9 Å². The van der Waals surface area contributed by atoms with Gasteiger partial charge in [-0.15, -0.1) is 0 Å². The van der Waals surface area contributed by atoms with Crippen LogP contribution in [0.25, 0.3) is 0 Å². The van der Waals surface area contributed by atoms with Crippen molar-refractivity contribution < 1.29 is 9.47 Å². The Balaban J connectivity index is 1.63. The predicted octanol–water partition coefficient (Wildman–Crippen LogP) is 4.24. The Labute approximate surface area is 143 Å². The van der Waals surface area contributed by atoms with E-state index in [1.54, 1.807) is 0 Å². The number of ether oxygens (including phenoxy) is 2. The first kappa shape index (κ1) is 16.8. The second-order valence-electron chi connectivity index (χ2n) is 6.53. The fraction of sp³-hybridized carbons (Fsp3) is 0.400. The molecule has 0 unspecified atom stereocenters. The van der Waals surface area contributed by atoms with Gasteiger partial charge in [0.2, 0.25) is 0 Å². The topological polar surface area (TPSA) is 70.5 Å². The summed E-state index contributed by atoms with van der Waals surface area (Å²) in [5, 5.41) is 0. The van der Waals surface area contributed by atoms with Crippen molar-refractivity contribution in [3.63, 3.8) is 0 Å². The summed E-state index contributed by atoms with van der Waals surface area (Å²) in [7, 11) is 0. The number of hydrogen-bond acceptors (Lipinski definition) is 4. The van der Waals surface area contributed by atoms with E-state index in [-0.39, 0.29) is 0 Å². The maximum Gasteiger partial charge on any atom is 0.169 e. The third-order valence-electron chi connectivity index (χ3n) is 4.58. The van der Waals surface area contributed by atoms with Crippen LogP contribution in [-0.2, 0) is 22.7 Å². The van der Waals surface area contributed by atoms with Crippen molar-refractivity contribution in [3.8, 4) is 0 Å². The van der Waals surface area contributed by atoms with E-state index in [2.05, 4.69) is 0 Å². The molecule has 0 saturated heterocycles. The summed E-state index contributed by atoms with van der Waals surface area (Å²) in [5.41, 5.74) is 15.3. The molecule has 3 rings (SSSR count). The largest absolute Gasteiger partial charge is 0.399 e. The SMILES string of the molecule is Nc1ccc(COC2(OCc3ccc(N)cc3)CCCCC2)cc1. The van der Waals surface area contributed by atoms with Gasteiger partial charge in [-0.3, -0.25) is 0 Å². The van der Waals surface area contributed by atoms with E-state index in [0.717, 1.165) is 48.2 Å². The monoisotopic (exact) mass is 326 g/mol. The molecule has 0 radical (unpaired) electrons. The average molecular weight is 326 g/mol. The third kappa shape index (κ3) is 4.49. The molecular formula is C20H26N2O2. The van der Waals surface area contributed by atoms with Crippen LogP contribution in [0.2, 0.25) is 0 Å². The second kappa shape index (κ2) is 7.69. The summed E-state index contributed by atoms with van der Waals surface area (Å²) in [5.74, 6) is -0.485. The second-order valence-corrected chi connectivity index (χ2v) is 6.53. The maximum absolute atomic E-state index is 6.25. The van der Waals surface area contributed by atoms with Gasteiger partial charge in [-0.2, -0.15) is 0 Å². The maximum atomic E-state index is 6.25. The zero-order valence-corrected chi connectivity index (χ0v) is 14.0. The van der Waals surface area contributed by atoms with E-state index >= 15 is 0 Å². The molecular weight excluding hydrogens is 300 g/mol. The predicted molar refractivity (Wildman–Crippen MR) is 97.1 cm³/mol. The van der Waals surface area contributed by atoms with Gasteiger partial charge in [0.25, 0.3) is 0 Å². The van der Waals surface area contributed by atoms with Crippen molar-refractivity contribution >= 4 is 11.4 Å². The summed E-state index contributed by atoms with van der Waals surface area (Å²) in [6.07, 6.45) is 5.42. The fourth-order valence-corrected chi connectivity index (χ4v) is 3.08. The number of nitrogen functional groups attached to an aromatic ring is 2. The molecule has 2 aromatic rings. The minimum absolute atomic E-state index is 0.485. The number of anilines is 2. The van der Waals surface area contributed by atoms with Crippen LogP contribution >= 0.6 is 0 Å². The van der Waals surface area contributed by atoms with Gasteiger partial charge in [-0.1, -0.05) is 30.7 Å². The molecule has 0 spiro atoms. The van der Waals surface area contributed by atoms with Crippen LogP contribution in [0.5, 0.6) is 0 Å². The van der Waals surface area contributed by atoms with Gasteiger partial charge >= 0.3 is 0 Å². The molecule has 0 aromatic heterocycles. The summed E-state index contributed by atoms with van der Waals surface area (Å²) >= 11 is 0. The van der Waals surface area contributed by atoms with Crippen LogP contribution in [-0.4, -0.2) is 5.79 Å². The lowest BCUT2D eigenvalue weighted by molar-refractivity contribution is -0.264.